The third-order valence-corrected chi connectivity index (χ3v) is 8.67. The Morgan fingerprint density at radius 2 is 1.68 bits per heavy atom. The maximum absolute atomic E-state index is 13.3. The lowest BCUT2D eigenvalue weighted by Crippen LogP contribution is -2.46. The summed E-state index contributed by atoms with van der Waals surface area (Å²) in [7, 11) is 0. The molecule has 0 unspecified atom stereocenters. The molecule has 1 aromatic heterocycles. The molecule has 3 aliphatic rings. The molecule has 204 valence electrons. The van der Waals surface area contributed by atoms with Gasteiger partial charge in [-0.15, -0.1) is 5.10 Å². The van der Waals surface area contributed by atoms with Crippen LogP contribution in [-0.4, -0.2) is 89.5 Å². The van der Waals surface area contributed by atoms with E-state index in [1.54, 1.807) is 0 Å². The Hall–Kier alpha value is -3.05. The van der Waals surface area contributed by atoms with Crippen LogP contribution in [0.2, 0.25) is 0 Å². The molecule has 3 heterocycles. The molecule has 1 saturated carbocycles. The number of aromatic nitrogens is 2. The Labute approximate surface area is 227 Å². The molecular weight excluding hydrogens is 502 g/mol. The van der Waals surface area contributed by atoms with Crippen molar-refractivity contribution in [3.8, 4) is 0 Å². The molecule has 2 aliphatic heterocycles. The first-order valence-corrected chi connectivity index (χ1v) is 14.6. The molecule has 0 bridgehead atoms. The number of nitrogens with one attached hydrogen (secondary N) is 2. The molecule has 0 radical (unpaired) electrons. The first kappa shape index (κ1) is 26.6. The zero-order valence-corrected chi connectivity index (χ0v) is 22.9. The Balaban J connectivity index is 1.36. The fourth-order valence-electron chi connectivity index (χ4n) is 5.63. The minimum absolute atomic E-state index is 0.00705. The van der Waals surface area contributed by atoms with Crippen molar-refractivity contribution < 1.29 is 14.4 Å². The van der Waals surface area contributed by atoms with Crippen molar-refractivity contribution in [1.29, 1.82) is 0 Å². The van der Waals surface area contributed by atoms with Crippen molar-refractivity contribution in [2.24, 2.45) is 5.92 Å². The van der Waals surface area contributed by atoms with E-state index in [1.807, 2.05) is 34.9 Å². The summed E-state index contributed by atoms with van der Waals surface area (Å²) >= 11 is 1.14. The number of carbonyl (C=O) groups excluding carboxylic acids is 3. The summed E-state index contributed by atoms with van der Waals surface area (Å²) < 4.78 is 3.92. The minimum Gasteiger partial charge on any atom is -0.368 e. The summed E-state index contributed by atoms with van der Waals surface area (Å²) in [5.74, 6) is 0.0182. The fourth-order valence-corrected chi connectivity index (χ4v) is 6.25. The third-order valence-electron chi connectivity index (χ3n) is 7.85. The van der Waals surface area contributed by atoms with E-state index < -0.39 is 0 Å². The zero-order valence-electron chi connectivity index (χ0n) is 22.1. The van der Waals surface area contributed by atoms with Gasteiger partial charge in [0, 0.05) is 63.8 Å². The average Bonchev–Trinajstić information content (AvgIpc) is 3.24. The second-order valence-corrected chi connectivity index (χ2v) is 11.2. The molecule has 0 spiro atoms. The molecule has 3 amide bonds. The number of anilines is 2. The molecule has 5 rings (SSSR count). The molecule has 2 aromatic rings. The highest BCUT2D eigenvalue weighted by atomic mass is 32.1. The van der Waals surface area contributed by atoms with Gasteiger partial charge in [-0.05, 0) is 55.9 Å². The van der Waals surface area contributed by atoms with E-state index in [9.17, 15) is 14.4 Å². The normalized spacial score (nSPS) is 19.2. The van der Waals surface area contributed by atoms with E-state index in [4.69, 9.17) is 0 Å². The van der Waals surface area contributed by atoms with E-state index in [2.05, 4.69) is 25.1 Å². The van der Waals surface area contributed by atoms with Crippen molar-refractivity contribution in [3.63, 3.8) is 0 Å². The summed E-state index contributed by atoms with van der Waals surface area (Å²) in [6, 6.07) is 5.68. The number of aryl methyl sites for hydroxylation is 1. The van der Waals surface area contributed by atoms with Gasteiger partial charge in [-0.2, -0.15) is 0 Å². The second-order valence-electron chi connectivity index (χ2n) is 10.4. The Morgan fingerprint density at radius 3 is 2.42 bits per heavy atom. The first-order valence-electron chi connectivity index (χ1n) is 13.8. The van der Waals surface area contributed by atoms with Crippen LogP contribution in [0.25, 0.3) is 0 Å². The van der Waals surface area contributed by atoms with Crippen LogP contribution in [0.3, 0.4) is 0 Å². The van der Waals surface area contributed by atoms with Gasteiger partial charge >= 0.3 is 0 Å². The molecule has 1 aliphatic carbocycles. The van der Waals surface area contributed by atoms with Crippen LogP contribution in [0.5, 0.6) is 0 Å². The number of benzene rings is 1. The van der Waals surface area contributed by atoms with Gasteiger partial charge in [0.2, 0.25) is 5.91 Å². The summed E-state index contributed by atoms with van der Waals surface area (Å²) in [5.41, 5.74) is 2.84. The van der Waals surface area contributed by atoms with Crippen LogP contribution in [0.1, 0.15) is 64.2 Å². The largest absolute Gasteiger partial charge is 0.368 e. The fraction of sp³-hybridized carbons (Fsp3) is 0.593. The van der Waals surface area contributed by atoms with Crippen LogP contribution in [0.15, 0.2) is 18.2 Å². The van der Waals surface area contributed by atoms with Crippen LogP contribution < -0.4 is 15.5 Å². The van der Waals surface area contributed by atoms with Crippen LogP contribution in [0, 0.1) is 12.8 Å². The molecule has 2 saturated heterocycles. The van der Waals surface area contributed by atoms with Crippen molar-refractivity contribution in [2.75, 3.05) is 62.6 Å². The number of piperazine rings is 1. The van der Waals surface area contributed by atoms with Crippen LogP contribution >= 0.6 is 11.5 Å². The number of amides is 3. The monoisotopic (exact) mass is 539 g/mol. The van der Waals surface area contributed by atoms with Crippen molar-refractivity contribution >= 4 is 40.6 Å². The molecule has 1 aromatic carbocycles. The van der Waals surface area contributed by atoms with Crippen LogP contribution in [0.4, 0.5) is 11.4 Å². The zero-order chi connectivity index (χ0) is 26.5. The predicted molar refractivity (Wildman–Crippen MR) is 148 cm³/mol. The van der Waals surface area contributed by atoms with Gasteiger partial charge < -0.3 is 25.3 Å². The van der Waals surface area contributed by atoms with E-state index in [0.717, 1.165) is 69.0 Å². The molecule has 0 atom stereocenters. The number of hydrogen-bond acceptors (Lipinski definition) is 8. The number of carbonyl (C=O) groups is 3. The third kappa shape index (κ3) is 5.99. The molecule has 2 N–H and O–H groups in total. The molecule has 3 fully saturated rings. The van der Waals surface area contributed by atoms with Gasteiger partial charge in [-0.1, -0.05) is 23.8 Å². The quantitative estimate of drug-likeness (QED) is 0.601. The van der Waals surface area contributed by atoms with Gasteiger partial charge in [0.25, 0.3) is 11.8 Å². The Bertz CT molecular complexity index is 1160. The average molecular weight is 540 g/mol. The van der Waals surface area contributed by atoms with Gasteiger partial charge in [-0.3, -0.25) is 14.4 Å². The van der Waals surface area contributed by atoms with E-state index in [-0.39, 0.29) is 23.6 Å². The molecular formula is C27H37N7O3S. The second kappa shape index (κ2) is 12.2. The summed E-state index contributed by atoms with van der Waals surface area (Å²) in [6.07, 6.45) is 5.97. The van der Waals surface area contributed by atoms with Crippen molar-refractivity contribution in [1.82, 2.24) is 24.7 Å². The minimum atomic E-state index is -0.0258. The standard InChI is InChI=1S/C27H37N7O3S/c1-19-24(38-31-30-19)27(37)33-13-5-12-32(16-17-33)23-9-8-21(26(36)34-14-10-28-11-15-34)18-22(23)29-25(35)20-6-3-2-4-7-20/h8-9,18,20,28H,2-7,10-17H2,1H3,(H,29,35). The highest BCUT2D eigenvalue weighted by Gasteiger charge is 2.27. The van der Waals surface area contributed by atoms with Gasteiger partial charge in [-0.25, -0.2) is 0 Å². The van der Waals surface area contributed by atoms with Gasteiger partial charge in [0.1, 0.15) is 4.88 Å². The van der Waals surface area contributed by atoms with E-state index >= 15 is 0 Å². The lowest BCUT2D eigenvalue weighted by atomic mass is 9.88. The highest BCUT2D eigenvalue weighted by Crippen LogP contribution is 2.32. The van der Waals surface area contributed by atoms with Crippen LogP contribution in [-0.2, 0) is 4.79 Å². The lowest BCUT2D eigenvalue weighted by molar-refractivity contribution is -0.120. The topological polar surface area (TPSA) is 111 Å². The van der Waals surface area contributed by atoms with Crippen molar-refractivity contribution in [2.45, 2.75) is 45.4 Å². The number of hydrogen-bond donors (Lipinski definition) is 2. The van der Waals surface area contributed by atoms with E-state index in [1.165, 1.54) is 6.42 Å². The summed E-state index contributed by atoms with van der Waals surface area (Å²) in [4.78, 5) is 46.1. The number of rotatable bonds is 5. The Kier molecular flexibility index (Phi) is 8.53. The number of nitrogens with zero attached hydrogens (tertiary/aromatic N) is 5. The maximum atomic E-state index is 13.3. The summed E-state index contributed by atoms with van der Waals surface area (Å²) in [6.45, 7) is 7.33. The SMILES string of the molecule is Cc1nnsc1C(=O)N1CCCN(c2ccc(C(=O)N3CCNCC3)cc2NC(=O)C2CCCCC2)CC1. The molecule has 38 heavy (non-hydrogen) atoms. The van der Waals surface area contributed by atoms with E-state index in [0.29, 0.717) is 54.5 Å². The predicted octanol–water partition coefficient (Wildman–Crippen LogP) is 2.76. The Morgan fingerprint density at radius 1 is 0.921 bits per heavy atom. The lowest BCUT2D eigenvalue weighted by Gasteiger charge is -2.29. The highest BCUT2D eigenvalue weighted by molar-refractivity contribution is 7.07. The molecule has 11 heteroatoms. The first-order chi connectivity index (χ1) is 18.5. The molecule has 10 nitrogen and oxygen atoms in total. The van der Waals surface area contributed by atoms with Gasteiger partial charge in [0.05, 0.1) is 17.1 Å². The smallest absolute Gasteiger partial charge is 0.267 e. The maximum Gasteiger partial charge on any atom is 0.267 e. The van der Waals surface area contributed by atoms with Gasteiger partial charge in [0.15, 0.2) is 0 Å². The van der Waals surface area contributed by atoms with Crippen molar-refractivity contribution in [3.05, 3.63) is 34.3 Å². The summed E-state index contributed by atoms with van der Waals surface area (Å²) in [5, 5.41) is 10.5.